The van der Waals surface area contributed by atoms with Gasteiger partial charge in [-0.2, -0.15) is 0 Å². The van der Waals surface area contributed by atoms with Crippen molar-refractivity contribution in [2.45, 2.75) is 0 Å². The Kier molecular flexibility index (Phi) is 3.74. The molecule has 18 heavy (non-hydrogen) atoms. The van der Waals surface area contributed by atoms with E-state index in [9.17, 15) is 0 Å². The fourth-order valence-corrected chi connectivity index (χ4v) is 1.75. The molecule has 0 radical (unpaired) electrons. The molecule has 1 aromatic carbocycles. The van der Waals surface area contributed by atoms with Crippen LogP contribution in [0.4, 0.5) is 17.3 Å². The predicted molar refractivity (Wildman–Crippen MR) is 72.7 cm³/mol. The van der Waals surface area contributed by atoms with Gasteiger partial charge in [-0.1, -0.05) is 23.2 Å². The molecule has 0 fully saturated rings. The summed E-state index contributed by atoms with van der Waals surface area (Å²) in [6, 6.07) is 5.23. The number of halogens is 2. The van der Waals surface area contributed by atoms with Crippen LogP contribution < -0.4 is 15.8 Å². The van der Waals surface area contributed by atoms with Gasteiger partial charge in [0.05, 0.1) is 12.1 Å². The van der Waals surface area contributed by atoms with E-state index in [1.807, 2.05) is 0 Å². The number of anilines is 3. The number of methoxy groups -OCH3 is 1. The quantitative estimate of drug-likeness (QED) is 0.906. The van der Waals surface area contributed by atoms with Gasteiger partial charge in [0, 0.05) is 5.69 Å². The summed E-state index contributed by atoms with van der Waals surface area (Å²) in [6.45, 7) is 0. The van der Waals surface area contributed by atoms with Crippen molar-refractivity contribution in [3.63, 3.8) is 0 Å². The summed E-state index contributed by atoms with van der Waals surface area (Å²) in [4.78, 5) is 7.77. The van der Waals surface area contributed by atoms with Gasteiger partial charge >= 0.3 is 0 Å². The van der Waals surface area contributed by atoms with Crippen molar-refractivity contribution >= 4 is 40.5 Å². The Morgan fingerprint density at radius 2 is 2.06 bits per heavy atom. The second kappa shape index (κ2) is 5.29. The van der Waals surface area contributed by atoms with E-state index in [0.29, 0.717) is 16.6 Å². The maximum absolute atomic E-state index is 6.01. The second-order valence-electron chi connectivity index (χ2n) is 3.40. The van der Waals surface area contributed by atoms with Gasteiger partial charge in [-0.3, -0.25) is 0 Å². The number of nitrogens with two attached hydrogens (primary N) is 1. The lowest BCUT2D eigenvalue weighted by molar-refractivity contribution is 0.415. The van der Waals surface area contributed by atoms with Crippen molar-refractivity contribution < 1.29 is 4.74 Å². The molecule has 1 aromatic heterocycles. The predicted octanol–water partition coefficient (Wildman–Crippen LogP) is 3.12. The number of nitrogens with one attached hydrogen (secondary N) is 1. The van der Waals surface area contributed by atoms with Crippen LogP contribution in [0.5, 0.6) is 5.75 Å². The van der Waals surface area contributed by atoms with Gasteiger partial charge in [0.1, 0.15) is 22.9 Å². The maximum Gasteiger partial charge on any atom is 0.154 e. The van der Waals surface area contributed by atoms with Gasteiger partial charge in [0.15, 0.2) is 5.82 Å². The van der Waals surface area contributed by atoms with Crippen LogP contribution in [-0.2, 0) is 0 Å². The number of nitrogen functional groups attached to an aromatic ring is 1. The van der Waals surface area contributed by atoms with E-state index >= 15 is 0 Å². The van der Waals surface area contributed by atoms with Crippen LogP contribution in [0.3, 0.4) is 0 Å². The van der Waals surface area contributed by atoms with Crippen molar-refractivity contribution in [2.75, 3.05) is 18.2 Å². The lowest BCUT2D eigenvalue weighted by Gasteiger charge is -2.09. The Morgan fingerprint density at radius 1 is 1.28 bits per heavy atom. The fourth-order valence-electron chi connectivity index (χ4n) is 1.35. The van der Waals surface area contributed by atoms with Crippen LogP contribution in [0, 0.1) is 0 Å². The first-order valence-corrected chi connectivity index (χ1v) is 5.74. The molecule has 0 amide bonds. The van der Waals surface area contributed by atoms with Crippen LogP contribution in [-0.4, -0.2) is 17.1 Å². The fraction of sp³-hybridized carbons (Fsp3) is 0.0909. The highest BCUT2D eigenvalue weighted by Crippen LogP contribution is 2.31. The molecule has 0 aliphatic rings. The molecule has 1 heterocycles. The molecule has 0 unspecified atom stereocenters. The van der Waals surface area contributed by atoms with Crippen LogP contribution in [0.2, 0.25) is 10.0 Å². The minimum Gasteiger partial charge on any atom is -0.495 e. The van der Waals surface area contributed by atoms with Gasteiger partial charge < -0.3 is 15.8 Å². The van der Waals surface area contributed by atoms with E-state index in [-0.39, 0.29) is 10.8 Å². The van der Waals surface area contributed by atoms with Crippen LogP contribution in [0.25, 0.3) is 0 Å². The monoisotopic (exact) mass is 284 g/mol. The Hall–Kier alpha value is -1.72. The largest absolute Gasteiger partial charge is 0.495 e. The highest BCUT2D eigenvalue weighted by Gasteiger charge is 2.08. The molecule has 0 aliphatic carbocycles. The second-order valence-corrected chi connectivity index (χ2v) is 4.18. The van der Waals surface area contributed by atoms with Crippen LogP contribution in [0.15, 0.2) is 24.5 Å². The number of rotatable bonds is 3. The van der Waals surface area contributed by atoms with Crippen LogP contribution >= 0.6 is 23.2 Å². The molecule has 0 saturated heterocycles. The van der Waals surface area contributed by atoms with Crippen molar-refractivity contribution in [2.24, 2.45) is 0 Å². The zero-order valence-corrected chi connectivity index (χ0v) is 11.0. The molecule has 5 nitrogen and oxygen atoms in total. The number of ether oxygens (including phenoxy) is 1. The molecule has 7 heteroatoms. The lowest BCUT2D eigenvalue weighted by atomic mass is 10.3. The smallest absolute Gasteiger partial charge is 0.154 e. The molecule has 0 saturated carbocycles. The summed E-state index contributed by atoms with van der Waals surface area (Å²) in [6.07, 6.45) is 1.33. The third-order valence-electron chi connectivity index (χ3n) is 2.23. The van der Waals surface area contributed by atoms with Crippen LogP contribution in [0.1, 0.15) is 0 Å². The average Bonchev–Trinajstić information content (AvgIpc) is 2.35. The Balaban J connectivity index is 2.29. The highest BCUT2D eigenvalue weighted by molar-refractivity contribution is 6.35. The third kappa shape index (κ3) is 2.57. The summed E-state index contributed by atoms with van der Waals surface area (Å²) in [5, 5.41) is 3.76. The highest BCUT2D eigenvalue weighted by atomic mass is 35.5. The number of nitrogens with zero attached hydrogens (tertiary/aromatic N) is 2. The standard InChI is InChI=1S/C11H10Cl2N4O/c1-18-8-3-2-6(4-7(8)12)17-11-9(13)10(14)15-5-16-11/h2-5H,1H3,(H3,14,15,16,17). The van der Waals surface area contributed by atoms with Gasteiger partial charge in [-0.05, 0) is 18.2 Å². The molecule has 2 aromatic rings. The maximum atomic E-state index is 6.01. The Morgan fingerprint density at radius 3 is 2.72 bits per heavy atom. The van der Waals surface area contributed by atoms with Gasteiger partial charge in [0.25, 0.3) is 0 Å². The average molecular weight is 285 g/mol. The van der Waals surface area contributed by atoms with Crippen molar-refractivity contribution in [3.8, 4) is 5.75 Å². The van der Waals surface area contributed by atoms with Crippen molar-refractivity contribution in [3.05, 3.63) is 34.6 Å². The van der Waals surface area contributed by atoms with Crippen molar-refractivity contribution in [1.29, 1.82) is 0 Å². The molecule has 0 atom stereocenters. The minimum atomic E-state index is 0.216. The van der Waals surface area contributed by atoms with E-state index in [4.69, 9.17) is 33.7 Å². The summed E-state index contributed by atoms with van der Waals surface area (Å²) in [5.41, 5.74) is 6.30. The first kappa shape index (κ1) is 12.7. The van der Waals surface area contributed by atoms with E-state index < -0.39 is 0 Å². The summed E-state index contributed by atoms with van der Waals surface area (Å²) < 4.78 is 5.06. The van der Waals surface area contributed by atoms with E-state index in [1.54, 1.807) is 25.3 Å². The summed E-state index contributed by atoms with van der Waals surface area (Å²) in [5.74, 6) is 1.23. The van der Waals surface area contributed by atoms with Gasteiger partial charge in [-0.15, -0.1) is 0 Å². The molecule has 0 aliphatic heterocycles. The third-order valence-corrected chi connectivity index (χ3v) is 2.90. The molecule has 0 bridgehead atoms. The molecule has 0 spiro atoms. The number of hydrogen-bond donors (Lipinski definition) is 2. The molecule has 94 valence electrons. The van der Waals surface area contributed by atoms with E-state index in [0.717, 1.165) is 5.69 Å². The zero-order valence-electron chi connectivity index (χ0n) is 9.45. The molecule has 3 N–H and O–H groups in total. The Bertz CT molecular complexity index is 577. The number of benzene rings is 1. The first-order chi connectivity index (χ1) is 8.61. The van der Waals surface area contributed by atoms with Gasteiger partial charge in [-0.25, -0.2) is 9.97 Å². The number of hydrogen-bond acceptors (Lipinski definition) is 5. The lowest BCUT2D eigenvalue weighted by Crippen LogP contribution is -1.99. The summed E-state index contributed by atoms with van der Waals surface area (Å²) in [7, 11) is 1.55. The van der Waals surface area contributed by atoms with E-state index in [1.165, 1.54) is 6.33 Å². The topological polar surface area (TPSA) is 73.1 Å². The number of aromatic nitrogens is 2. The SMILES string of the molecule is COc1ccc(Nc2ncnc(N)c2Cl)cc1Cl. The Labute approximate surface area is 114 Å². The van der Waals surface area contributed by atoms with Gasteiger partial charge in [0.2, 0.25) is 0 Å². The van der Waals surface area contributed by atoms with Crippen molar-refractivity contribution in [1.82, 2.24) is 9.97 Å². The molecule has 2 rings (SSSR count). The van der Waals surface area contributed by atoms with E-state index in [2.05, 4.69) is 15.3 Å². The normalized spacial score (nSPS) is 10.2. The summed E-state index contributed by atoms with van der Waals surface area (Å²) >= 11 is 12.0. The first-order valence-electron chi connectivity index (χ1n) is 4.98. The molecular weight excluding hydrogens is 275 g/mol. The molecular formula is C11H10Cl2N4O. The minimum absolute atomic E-state index is 0.216. The zero-order chi connectivity index (χ0) is 13.1.